The fourth-order valence-electron chi connectivity index (χ4n) is 1.77. The van der Waals surface area contributed by atoms with Crippen LogP contribution in [0, 0.1) is 11.8 Å². The van der Waals surface area contributed by atoms with Crippen molar-refractivity contribution in [1.29, 1.82) is 0 Å². The minimum atomic E-state index is -0.395. The molecule has 0 bridgehead atoms. The summed E-state index contributed by atoms with van der Waals surface area (Å²) >= 11 is 0. The molecular formula is C12H14O2. The maximum atomic E-state index is 11.5. The summed E-state index contributed by atoms with van der Waals surface area (Å²) in [5, 5.41) is 0. The van der Waals surface area contributed by atoms with Crippen LogP contribution in [-0.2, 0) is 9.59 Å². The van der Waals surface area contributed by atoms with Gasteiger partial charge in [-0.25, -0.2) is 0 Å². The monoisotopic (exact) mass is 190 g/mol. The molecular weight excluding hydrogens is 176 g/mol. The molecule has 0 aromatic carbocycles. The molecule has 0 heterocycles. The van der Waals surface area contributed by atoms with E-state index in [4.69, 9.17) is 0 Å². The van der Waals surface area contributed by atoms with Crippen LogP contribution in [0.4, 0.5) is 0 Å². The number of rotatable bonds is 3. The van der Waals surface area contributed by atoms with Crippen LogP contribution in [0.5, 0.6) is 0 Å². The molecule has 0 aromatic rings. The van der Waals surface area contributed by atoms with Crippen molar-refractivity contribution in [3.8, 4) is 0 Å². The van der Waals surface area contributed by atoms with Gasteiger partial charge in [0.15, 0.2) is 0 Å². The molecule has 14 heavy (non-hydrogen) atoms. The van der Waals surface area contributed by atoms with E-state index in [1.807, 2.05) is 6.08 Å². The maximum absolute atomic E-state index is 11.5. The molecule has 2 aliphatic carbocycles. The SMILES string of the molecule is C=C1C=CC(CCC2CC2)C(=O)C1=O. The van der Waals surface area contributed by atoms with E-state index in [0.29, 0.717) is 5.57 Å². The number of Topliss-reactive ketones (excluding diaryl/α,β-unsaturated/α-hetero) is 2. The molecule has 2 aliphatic rings. The largest absolute Gasteiger partial charge is 0.290 e. The lowest BCUT2D eigenvalue weighted by atomic mass is 9.87. The number of hydrogen-bond acceptors (Lipinski definition) is 2. The highest BCUT2D eigenvalue weighted by atomic mass is 16.2. The van der Waals surface area contributed by atoms with Gasteiger partial charge in [0.1, 0.15) is 0 Å². The highest BCUT2D eigenvalue weighted by Gasteiger charge is 2.30. The predicted molar refractivity (Wildman–Crippen MR) is 53.7 cm³/mol. The van der Waals surface area contributed by atoms with Crippen LogP contribution in [0.2, 0.25) is 0 Å². The molecule has 0 radical (unpaired) electrons. The van der Waals surface area contributed by atoms with E-state index in [9.17, 15) is 9.59 Å². The Labute approximate surface area is 83.7 Å². The zero-order valence-electron chi connectivity index (χ0n) is 8.16. The van der Waals surface area contributed by atoms with Crippen molar-refractivity contribution in [2.24, 2.45) is 11.8 Å². The molecule has 0 spiro atoms. The van der Waals surface area contributed by atoms with Gasteiger partial charge in [0.25, 0.3) is 0 Å². The van der Waals surface area contributed by atoms with Gasteiger partial charge in [-0.05, 0) is 18.8 Å². The highest BCUT2D eigenvalue weighted by Crippen LogP contribution is 2.35. The Morgan fingerprint density at radius 3 is 2.64 bits per heavy atom. The predicted octanol–water partition coefficient (Wildman–Crippen LogP) is 2.06. The lowest BCUT2D eigenvalue weighted by Gasteiger charge is -2.14. The second-order valence-corrected chi connectivity index (χ2v) is 4.20. The first kappa shape index (κ1) is 9.38. The zero-order chi connectivity index (χ0) is 10.1. The van der Waals surface area contributed by atoms with Crippen molar-refractivity contribution in [1.82, 2.24) is 0 Å². The van der Waals surface area contributed by atoms with E-state index in [1.54, 1.807) is 6.08 Å². The van der Waals surface area contributed by atoms with Gasteiger partial charge in [-0.15, -0.1) is 0 Å². The molecule has 0 amide bonds. The fourth-order valence-corrected chi connectivity index (χ4v) is 1.77. The lowest BCUT2D eigenvalue weighted by Crippen LogP contribution is -2.26. The van der Waals surface area contributed by atoms with Gasteiger partial charge in [-0.3, -0.25) is 9.59 Å². The van der Waals surface area contributed by atoms with E-state index in [1.165, 1.54) is 12.8 Å². The summed E-state index contributed by atoms with van der Waals surface area (Å²) in [4.78, 5) is 22.8. The number of carbonyl (C=O) groups excluding carboxylic acids is 2. The Morgan fingerprint density at radius 2 is 2.00 bits per heavy atom. The first-order valence-electron chi connectivity index (χ1n) is 5.14. The van der Waals surface area contributed by atoms with E-state index >= 15 is 0 Å². The van der Waals surface area contributed by atoms with Gasteiger partial charge in [-0.1, -0.05) is 31.6 Å². The van der Waals surface area contributed by atoms with E-state index in [0.717, 1.165) is 18.8 Å². The van der Waals surface area contributed by atoms with E-state index < -0.39 is 5.78 Å². The molecule has 1 saturated carbocycles. The van der Waals surface area contributed by atoms with Crippen LogP contribution >= 0.6 is 0 Å². The smallest absolute Gasteiger partial charge is 0.228 e. The number of allylic oxidation sites excluding steroid dienone is 3. The average Bonchev–Trinajstić information content (AvgIpc) is 2.97. The van der Waals surface area contributed by atoms with Gasteiger partial charge >= 0.3 is 0 Å². The van der Waals surface area contributed by atoms with Crippen LogP contribution in [0.15, 0.2) is 24.3 Å². The number of ketones is 2. The van der Waals surface area contributed by atoms with Gasteiger partial charge in [0.05, 0.1) is 0 Å². The Morgan fingerprint density at radius 1 is 1.29 bits per heavy atom. The molecule has 0 saturated heterocycles. The van der Waals surface area contributed by atoms with Crippen LogP contribution < -0.4 is 0 Å². The van der Waals surface area contributed by atoms with E-state index in [2.05, 4.69) is 6.58 Å². The minimum absolute atomic E-state index is 0.173. The van der Waals surface area contributed by atoms with Crippen molar-refractivity contribution >= 4 is 11.6 Å². The topological polar surface area (TPSA) is 34.1 Å². The van der Waals surface area contributed by atoms with E-state index in [-0.39, 0.29) is 11.7 Å². The van der Waals surface area contributed by atoms with Gasteiger partial charge in [-0.2, -0.15) is 0 Å². The standard InChI is InChI=1S/C12H14O2/c1-8-2-6-10(12(14)11(8)13)7-5-9-3-4-9/h2,6,9-10H,1,3-5,7H2. The summed E-state index contributed by atoms with van der Waals surface area (Å²) in [6.07, 6.45) is 8.02. The Balaban J connectivity index is 1.97. The lowest BCUT2D eigenvalue weighted by molar-refractivity contribution is -0.136. The van der Waals surface area contributed by atoms with Gasteiger partial charge in [0, 0.05) is 11.5 Å². The van der Waals surface area contributed by atoms with Crippen LogP contribution in [-0.4, -0.2) is 11.6 Å². The number of carbonyl (C=O) groups is 2. The second-order valence-electron chi connectivity index (χ2n) is 4.20. The Kier molecular flexibility index (Phi) is 2.36. The molecule has 74 valence electrons. The average molecular weight is 190 g/mol. The molecule has 1 fully saturated rings. The molecule has 0 N–H and O–H groups in total. The second kappa shape index (κ2) is 3.52. The maximum Gasteiger partial charge on any atom is 0.228 e. The summed E-state index contributed by atoms with van der Waals surface area (Å²) in [6, 6.07) is 0. The Bertz CT molecular complexity index is 321. The normalized spacial score (nSPS) is 27.1. The summed E-state index contributed by atoms with van der Waals surface area (Å²) in [7, 11) is 0. The van der Waals surface area contributed by atoms with Crippen molar-refractivity contribution < 1.29 is 9.59 Å². The molecule has 2 rings (SSSR count). The third-order valence-electron chi connectivity index (χ3n) is 2.96. The summed E-state index contributed by atoms with van der Waals surface area (Å²) < 4.78 is 0. The molecule has 1 atom stereocenters. The first-order chi connectivity index (χ1) is 6.68. The van der Waals surface area contributed by atoms with Gasteiger partial charge < -0.3 is 0 Å². The fraction of sp³-hybridized carbons (Fsp3) is 0.500. The van der Waals surface area contributed by atoms with Crippen LogP contribution in [0.25, 0.3) is 0 Å². The van der Waals surface area contributed by atoms with Crippen molar-refractivity contribution in [3.05, 3.63) is 24.3 Å². The third-order valence-corrected chi connectivity index (χ3v) is 2.96. The molecule has 2 nitrogen and oxygen atoms in total. The Hall–Kier alpha value is -1.18. The molecule has 2 heteroatoms. The van der Waals surface area contributed by atoms with Crippen molar-refractivity contribution in [3.63, 3.8) is 0 Å². The van der Waals surface area contributed by atoms with Crippen molar-refractivity contribution in [2.75, 3.05) is 0 Å². The highest BCUT2D eigenvalue weighted by molar-refractivity contribution is 6.45. The molecule has 0 aromatic heterocycles. The third kappa shape index (κ3) is 1.84. The van der Waals surface area contributed by atoms with Gasteiger partial charge in [0.2, 0.25) is 11.6 Å². The summed E-state index contributed by atoms with van der Waals surface area (Å²) in [5.41, 5.74) is 0.331. The summed E-state index contributed by atoms with van der Waals surface area (Å²) in [6.45, 7) is 3.53. The summed E-state index contributed by atoms with van der Waals surface area (Å²) in [5.74, 6) is -0.0172. The quantitative estimate of drug-likeness (QED) is 0.504. The minimum Gasteiger partial charge on any atom is -0.290 e. The van der Waals surface area contributed by atoms with Crippen LogP contribution in [0.3, 0.4) is 0 Å². The van der Waals surface area contributed by atoms with Crippen molar-refractivity contribution in [2.45, 2.75) is 25.7 Å². The zero-order valence-corrected chi connectivity index (χ0v) is 8.16. The number of hydrogen-bond donors (Lipinski definition) is 0. The first-order valence-corrected chi connectivity index (χ1v) is 5.14. The molecule has 1 unspecified atom stereocenters. The molecule has 0 aliphatic heterocycles. The van der Waals surface area contributed by atoms with Crippen LogP contribution in [0.1, 0.15) is 25.7 Å².